The Morgan fingerprint density at radius 2 is 1.85 bits per heavy atom. The number of anilines is 1. The van der Waals surface area contributed by atoms with E-state index < -0.39 is 11.9 Å². The highest BCUT2D eigenvalue weighted by Gasteiger charge is 2.75. The van der Waals surface area contributed by atoms with Gasteiger partial charge in [0.25, 0.3) is 0 Å². The number of nitrogens with one attached hydrogen (secondary N) is 1. The summed E-state index contributed by atoms with van der Waals surface area (Å²) in [7, 11) is 0. The van der Waals surface area contributed by atoms with Gasteiger partial charge in [-0.1, -0.05) is 31.2 Å². The number of hydrogen-bond acceptors (Lipinski definition) is 5. The van der Waals surface area contributed by atoms with E-state index in [1.807, 2.05) is 36.4 Å². The first kappa shape index (κ1) is 21.0. The molecule has 3 fully saturated rings. The number of aliphatic carboxylic acids is 1. The van der Waals surface area contributed by atoms with E-state index in [0.717, 1.165) is 47.7 Å². The summed E-state index contributed by atoms with van der Waals surface area (Å²) < 4.78 is 6.26. The smallest absolute Gasteiger partial charge is 0.352 e. The summed E-state index contributed by atoms with van der Waals surface area (Å²) in [6.45, 7) is 2.30. The van der Waals surface area contributed by atoms with Crippen LogP contribution in [-0.4, -0.2) is 47.0 Å². The largest absolute Gasteiger partial charge is 0.488 e. The molecule has 2 aliphatic heterocycles. The minimum atomic E-state index is -1.06. The van der Waals surface area contributed by atoms with Crippen molar-refractivity contribution in [1.29, 1.82) is 0 Å². The van der Waals surface area contributed by atoms with Crippen molar-refractivity contribution in [2.75, 3.05) is 18.5 Å². The van der Waals surface area contributed by atoms with Crippen LogP contribution in [0.5, 0.6) is 5.75 Å². The van der Waals surface area contributed by atoms with Gasteiger partial charge in [-0.25, -0.2) is 4.79 Å². The van der Waals surface area contributed by atoms with E-state index in [0.29, 0.717) is 5.75 Å². The van der Waals surface area contributed by atoms with Crippen molar-refractivity contribution >= 4 is 34.2 Å². The van der Waals surface area contributed by atoms with Crippen molar-refractivity contribution < 1.29 is 24.2 Å². The van der Waals surface area contributed by atoms with Crippen LogP contribution in [0.1, 0.15) is 32.6 Å². The molecule has 2 unspecified atom stereocenters. The van der Waals surface area contributed by atoms with Gasteiger partial charge in [0, 0.05) is 27.4 Å². The summed E-state index contributed by atoms with van der Waals surface area (Å²) in [6, 6.07) is 11.3. The van der Waals surface area contributed by atoms with Gasteiger partial charge in [0.1, 0.15) is 18.1 Å². The van der Waals surface area contributed by atoms with E-state index in [9.17, 15) is 19.5 Å². The molecule has 0 radical (unpaired) electrons. The second-order valence-electron chi connectivity index (χ2n) is 10.3. The standard InChI is InChI=1S/C26H27N3O5/c1-25(8-9-25)20-22-26(10-11-26)16(21(24(32)33)29(22)23(20)31)13-34-18-7-3-4-14-15(18)5-2-6-17(14)28-12-19(27)30/h2-7,20,22,28H,8-13H2,1H3,(H2,27,30)(H,32,33). The lowest BCUT2D eigenvalue weighted by molar-refractivity contribution is -0.162. The molecule has 4 aliphatic rings. The number of carbonyl (C=O) groups excluding carboxylic acids is 2. The highest BCUT2D eigenvalue weighted by Crippen LogP contribution is 2.71. The highest BCUT2D eigenvalue weighted by molar-refractivity contribution is 6.01. The molecule has 0 bridgehead atoms. The second-order valence-corrected chi connectivity index (χ2v) is 10.3. The van der Waals surface area contributed by atoms with Crippen molar-refractivity contribution in [3.63, 3.8) is 0 Å². The SMILES string of the molecule is CC1(C2C(=O)N3C(C(=O)O)=C(COc4cccc5c(NCC(N)=O)cccc45)C4(CC4)C23)CC1. The lowest BCUT2D eigenvalue weighted by Gasteiger charge is -2.49. The molecule has 1 spiro atoms. The van der Waals surface area contributed by atoms with Crippen LogP contribution in [0.2, 0.25) is 0 Å². The monoisotopic (exact) mass is 461 g/mol. The number of nitrogens with zero attached hydrogens (tertiary/aromatic N) is 1. The van der Waals surface area contributed by atoms with Gasteiger partial charge in [-0.15, -0.1) is 0 Å². The topological polar surface area (TPSA) is 122 Å². The first-order valence-corrected chi connectivity index (χ1v) is 11.7. The van der Waals surface area contributed by atoms with Gasteiger partial charge < -0.3 is 25.8 Å². The third kappa shape index (κ3) is 2.87. The fraction of sp³-hybridized carbons (Fsp3) is 0.423. The van der Waals surface area contributed by atoms with E-state index in [1.54, 1.807) is 4.90 Å². The van der Waals surface area contributed by atoms with Gasteiger partial charge in [0.15, 0.2) is 0 Å². The van der Waals surface area contributed by atoms with Crippen LogP contribution in [-0.2, 0) is 14.4 Å². The maximum atomic E-state index is 13.0. The Morgan fingerprint density at radius 3 is 2.50 bits per heavy atom. The van der Waals surface area contributed by atoms with E-state index in [2.05, 4.69) is 12.2 Å². The van der Waals surface area contributed by atoms with E-state index >= 15 is 0 Å². The molecule has 2 atom stereocenters. The van der Waals surface area contributed by atoms with Crippen LogP contribution in [0.4, 0.5) is 5.69 Å². The first-order chi connectivity index (χ1) is 16.3. The summed E-state index contributed by atoms with van der Waals surface area (Å²) in [6.07, 6.45) is 3.83. The molecule has 176 valence electrons. The molecule has 8 heteroatoms. The van der Waals surface area contributed by atoms with Gasteiger partial charge in [0.05, 0.1) is 18.5 Å². The minimum Gasteiger partial charge on any atom is -0.488 e. The number of amides is 2. The lowest BCUT2D eigenvalue weighted by Crippen LogP contribution is -2.63. The van der Waals surface area contributed by atoms with Crippen LogP contribution in [0.15, 0.2) is 47.7 Å². The van der Waals surface area contributed by atoms with Crippen molar-refractivity contribution in [3.8, 4) is 5.75 Å². The third-order valence-electron chi connectivity index (χ3n) is 8.28. The molecule has 2 aromatic rings. The number of β-lactam (4-membered cyclic amide) rings is 1. The van der Waals surface area contributed by atoms with Gasteiger partial charge in [-0.2, -0.15) is 0 Å². The molecule has 2 aliphatic carbocycles. The third-order valence-corrected chi connectivity index (χ3v) is 8.28. The highest BCUT2D eigenvalue weighted by atomic mass is 16.5. The lowest BCUT2D eigenvalue weighted by atomic mass is 9.70. The minimum absolute atomic E-state index is 0.0116. The van der Waals surface area contributed by atoms with Crippen molar-refractivity contribution in [1.82, 2.24) is 4.90 Å². The number of carboxylic acid groups (broad SMARTS) is 1. The number of carbonyl (C=O) groups is 3. The zero-order chi connectivity index (χ0) is 23.8. The molecular weight excluding hydrogens is 434 g/mol. The van der Waals surface area contributed by atoms with Crippen molar-refractivity contribution in [2.24, 2.45) is 22.5 Å². The summed E-state index contributed by atoms with van der Waals surface area (Å²) in [5, 5.41) is 14.8. The average Bonchev–Trinajstić information content (AvgIpc) is 3.71. The van der Waals surface area contributed by atoms with E-state index in [1.165, 1.54) is 0 Å². The molecule has 6 rings (SSSR count). The number of fused-ring (bicyclic) bond motifs is 3. The number of primary amides is 1. The molecule has 34 heavy (non-hydrogen) atoms. The van der Waals surface area contributed by atoms with Crippen LogP contribution in [0.3, 0.4) is 0 Å². The normalized spacial score (nSPS) is 25.2. The van der Waals surface area contributed by atoms with E-state index in [4.69, 9.17) is 10.5 Å². The molecule has 2 aromatic carbocycles. The number of carboxylic acids is 1. The van der Waals surface area contributed by atoms with Crippen molar-refractivity contribution in [2.45, 2.75) is 38.6 Å². The Labute approximate surface area is 196 Å². The Morgan fingerprint density at radius 1 is 1.15 bits per heavy atom. The molecule has 4 N–H and O–H groups in total. The Hall–Kier alpha value is -3.55. The summed E-state index contributed by atoms with van der Waals surface area (Å²) in [5.41, 5.74) is 6.64. The van der Waals surface area contributed by atoms with Crippen LogP contribution >= 0.6 is 0 Å². The Balaban J connectivity index is 1.31. The summed E-state index contributed by atoms with van der Waals surface area (Å²) in [5.74, 6) is -1.01. The number of nitrogens with two attached hydrogens (primary N) is 1. The number of hydrogen-bond donors (Lipinski definition) is 3. The predicted molar refractivity (Wildman–Crippen MR) is 125 cm³/mol. The summed E-state index contributed by atoms with van der Waals surface area (Å²) in [4.78, 5) is 38.1. The summed E-state index contributed by atoms with van der Waals surface area (Å²) >= 11 is 0. The maximum absolute atomic E-state index is 13.0. The Bertz CT molecular complexity index is 1290. The van der Waals surface area contributed by atoms with E-state index in [-0.39, 0.29) is 47.5 Å². The average molecular weight is 462 g/mol. The maximum Gasteiger partial charge on any atom is 0.352 e. The number of rotatable bonds is 8. The molecule has 8 nitrogen and oxygen atoms in total. The Kier molecular flexibility index (Phi) is 4.31. The molecular formula is C26H27N3O5. The zero-order valence-electron chi connectivity index (χ0n) is 19.0. The van der Waals surface area contributed by atoms with Gasteiger partial charge >= 0.3 is 5.97 Å². The fourth-order valence-corrected chi connectivity index (χ4v) is 6.12. The molecule has 2 heterocycles. The molecule has 2 saturated carbocycles. The van der Waals surface area contributed by atoms with Crippen LogP contribution in [0.25, 0.3) is 10.8 Å². The van der Waals surface area contributed by atoms with Crippen LogP contribution < -0.4 is 15.8 Å². The zero-order valence-corrected chi connectivity index (χ0v) is 19.0. The number of benzene rings is 2. The van der Waals surface area contributed by atoms with Gasteiger partial charge in [-0.05, 0) is 43.2 Å². The van der Waals surface area contributed by atoms with Gasteiger partial charge in [-0.3, -0.25) is 9.59 Å². The molecule has 1 saturated heterocycles. The molecule has 2 amide bonds. The van der Waals surface area contributed by atoms with Crippen LogP contribution in [0, 0.1) is 16.7 Å². The number of ether oxygens (including phenoxy) is 1. The predicted octanol–water partition coefficient (Wildman–Crippen LogP) is 2.88. The second kappa shape index (κ2) is 6.98. The fourth-order valence-electron chi connectivity index (χ4n) is 6.12. The quantitative estimate of drug-likeness (QED) is 0.520. The first-order valence-electron chi connectivity index (χ1n) is 11.7. The van der Waals surface area contributed by atoms with Gasteiger partial charge in [0.2, 0.25) is 11.8 Å². The van der Waals surface area contributed by atoms with Crippen molar-refractivity contribution in [3.05, 3.63) is 47.7 Å². The molecule has 0 aromatic heterocycles.